The number of carbonyl (C=O) groups is 1. The number of hydrogen-bond acceptors (Lipinski definition) is 5. The number of nitrogens with zero attached hydrogens (tertiary/aromatic N) is 2. The van der Waals surface area contributed by atoms with Crippen LogP contribution in [0.4, 0.5) is 18.9 Å². The normalized spacial score (nSPS) is 13.8. The maximum Gasteiger partial charge on any atom is 0.417 e. The predicted molar refractivity (Wildman–Crippen MR) is 101 cm³/mol. The molecule has 0 aliphatic heterocycles. The highest BCUT2D eigenvalue weighted by atomic mass is 32.2. The van der Waals surface area contributed by atoms with Gasteiger partial charge in [0.05, 0.1) is 34.6 Å². The fourth-order valence-electron chi connectivity index (χ4n) is 2.32. The maximum absolute atomic E-state index is 13.1. The van der Waals surface area contributed by atoms with Gasteiger partial charge in [0.25, 0.3) is 0 Å². The number of halogens is 3. The van der Waals surface area contributed by atoms with Gasteiger partial charge >= 0.3 is 6.18 Å². The number of nitrogens with one attached hydrogen (secondary N) is 2. The minimum absolute atomic E-state index is 0.227. The Bertz CT molecular complexity index is 985. The predicted octanol–water partition coefficient (Wildman–Crippen LogP) is 3.10. The fraction of sp³-hybridized carbons (Fsp3) is 0.389. The van der Waals surface area contributed by atoms with Crippen LogP contribution in [0, 0.1) is 0 Å². The van der Waals surface area contributed by atoms with Crippen LogP contribution in [0.15, 0.2) is 41.6 Å². The van der Waals surface area contributed by atoms with Crippen LogP contribution in [0.25, 0.3) is 0 Å². The molecule has 158 valence electrons. The summed E-state index contributed by atoms with van der Waals surface area (Å²) in [6, 6.07) is 2.40. The first kappa shape index (κ1) is 22.8. The van der Waals surface area contributed by atoms with E-state index in [1.165, 1.54) is 25.4 Å². The highest BCUT2D eigenvalue weighted by Gasteiger charge is 2.37. The SMILES string of the molecule is C[C@H](NS(=O)(=O)c1ccccc1C(F)(F)F)C(=O)Nc1cnc(C(C)(C)C)nc1. The molecular weight excluding hydrogens is 409 g/mol. The van der Waals surface area contributed by atoms with E-state index in [1.807, 2.05) is 25.5 Å². The zero-order valence-corrected chi connectivity index (χ0v) is 17.0. The lowest BCUT2D eigenvalue weighted by Gasteiger charge is -2.18. The van der Waals surface area contributed by atoms with Gasteiger partial charge in [0.15, 0.2) is 0 Å². The number of benzene rings is 1. The Hall–Kier alpha value is -2.53. The van der Waals surface area contributed by atoms with Crippen LogP contribution < -0.4 is 10.0 Å². The second kappa shape index (κ2) is 8.07. The average molecular weight is 430 g/mol. The Balaban J connectivity index is 2.15. The van der Waals surface area contributed by atoms with Crippen molar-refractivity contribution in [3.8, 4) is 0 Å². The van der Waals surface area contributed by atoms with E-state index < -0.39 is 38.6 Å². The Morgan fingerprint density at radius 3 is 2.14 bits per heavy atom. The molecule has 0 aliphatic carbocycles. The summed E-state index contributed by atoms with van der Waals surface area (Å²) in [6.07, 6.45) is -2.12. The van der Waals surface area contributed by atoms with E-state index in [0.29, 0.717) is 11.9 Å². The summed E-state index contributed by atoms with van der Waals surface area (Å²) in [7, 11) is -4.60. The standard InChI is InChI=1S/C18H21F3N4O3S/c1-11(15(26)24-12-9-22-16(23-10-12)17(2,3)4)25-29(27,28)14-8-6-5-7-13(14)18(19,20)21/h5-11,25H,1-4H3,(H,24,26)/t11-/m0/s1. The molecule has 1 amide bonds. The molecule has 0 radical (unpaired) electrons. The van der Waals surface area contributed by atoms with Gasteiger partial charge in [-0.2, -0.15) is 17.9 Å². The number of amides is 1. The van der Waals surface area contributed by atoms with Crippen molar-refractivity contribution in [3.63, 3.8) is 0 Å². The van der Waals surface area contributed by atoms with Crippen LogP contribution >= 0.6 is 0 Å². The molecule has 0 bridgehead atoms. The van der Waals surface area contributed by atoms with Crippen molar-refractivity contribution in [1.82, 2.24) is 14.7 Å². The number of sulfonamides is 1. The van der Waals surface area contributed by atoms with Crippen LogP contribution in [0.5, 0.6) is 0 Å². The van der Waals surface area contributed by atoms with Crippen LogP contribution in [-0.4, -0.2) is 30.3 Å². The Morgan fingerprint density at radius 2 is 1.62 bits per heavy atom. The summed E-state index contributed by atoms with van der Waals surface area (Å²) < 4.78 is 66.1. The highest BCUT2D eigenvalue weighted by molar-refractivity contribution is 7.89. The molecule has 7 nitrogen and oxygen atoms in total. The van der Waals surface area contributed by atoms with Crippen molar-refractivity contribution in [1.29, 1.82) is 0 Å². The molecule has 2 N–H and O–H groups in total. The summed E-state index contributed by atoms with van der Waals surface area (Å²) in [4.78, 5) is 19.6. The fourth-order valence-corrected chi connectivity index (χ4v) is 3.75. The van der Waals surface area contributed by atoms with Crippen LogP contribution in [0.1, 0.15) is 39.1 Å². The third kappa shape index (κ3) is 5.73. The van der Waals surface area contributed by atoms with E-state index in [2.05, 4.69) is 15.3 Å². The van der Waals surface area contributed by atoms with Gasteiger partial charge in [-0.1, -0.05) is 32.9 Å². The van der Waals surface area contributed by atoms with Gasteiger partial charge in [-0.15, -0.1) is 0 Å². The molecule has 2 aromatic rings. The van der Waals surface area contributed by atoms with E-state index in [1.54, 1.807) is 0 Å². The van der Waals surface area contributed by atoms with Crippen molar-refractivity contribution in [2.45, 2.75) is 50.2 Å². The molecule has 11 heteroatoms. The van der Waals surface area contributed by atoms with Gasteiger partial charge in [-0.3, -0.25) is 4.79 Å². The topological polar surface area (TPSA) is 101 Å². The van der Waals surface area contributed by atoms with Crippen LogP contribution in [0.2, 0.25) is 0 Å². The highest BCUT2D eigenvalue weighted by Crippen LogP contribution is 2.33. The van der Waals surface area contributed by atoms with Crippen molar-refractivity contribution in [3.05, 3.63) is 48.0 Å². The van der Waals surface area contributed by atoms with Crippen molar-refractivity contribution >= 4 is 21.6 Å². The molecule has 0 aliphatic rings. The van der Waals surface area contributed by atoms with Gasteiger partial charge in [0.2, 0.25) is 15.9 Å². The number of anilines is 1. The third-order valence-corrected chi connectivity index (χ3v) is 5.40. The average Bonchev–Trinajstić information content (AvgIpc) is 2.60. The van der Waals surface area contributed by atoms with Crippen molar-refractivity contribution < 1.29 is 26.4 Å². The third-order valence-electron chi connectivity index (χ3n) is 3.80. The molecule has 0 saturated heterocycles. The van der Waals surface area contributed by atoms with Crippen molar-refractivity contribution in [2.24, 2.45) is 0 Å². The summed E-state index contributed by atoms with van der Waals surface area (Å²) in [5.41, 5.74) is -1.38. The first-order valence-electron chi connectivity index (χ1n) is 8.54. The molecule has 0 unspecified atom stereocenters. The van der Waals surface area contributed by atoms with Gasteiger partial charge in [-0.05, 0) is 19.1 Å². The van der Waals surface area contributed by atoms with E-state index in [0.717, 1.165) is 12.1 Å². The second-order valence-electron chi connectivity index (χ2n) is 7.37. The molecule has 1 aromatic heterocycles. The molecule has 1 heterocycles. The van der Waals surface area contributed by atoms with Gasteiger partial charge < -0.3 is 5.32 Å². The van der Waals surface area contributed by atoms with E-state index in [-0.39, 0.29) is 11.1 Å². The minimum Gasteiger partial charge on any atom is -0.322 e. The molecule has 0 saturated carbocycles. The molecule has 29 heavy (non-hydrogen) atoms. The molecule has 0 spiro atoms. The number of carbonyl (C=O) groups excluding carboxylic acids is 1. The first-order chi connectivity index (χ1) is 13.2. The minimum atomic E-state index is -4.86. The molecule has 2 rings (SSSR count). The lowest BCUT2D eigenvalue weighted by molar-refractivity contribution is -0.139. The Morgan fingerprint density at radius 1 is 1.07 bits per heavy atom. The second-order valence-corrected chi connectivity index (χ2v) is 9.05. The summed E-state index contributed by atoms with van der Waals surface area (Å²) in [5.74, 6) is -0.224. The molecule has 1 aromatic carbocycles. The zero-order valence-electron chi connectivity index (χ0n) is 16.2. The van der Waals surface area contributed by atoms with Gasteiger partial charge in [-0.25, -0.2) is 18.4 Å². The van der Waals surface area contributed by atoms with E-state index in [9.17, 15) is 26.4 Å². The number of hydrogen-bond donors (Lipinski definition) is 2. The van der Waals surface area contributed by atoms with E-state index >= 15 is 0 Å². The summed E-state index contributed by atoms with van der Waals surface area (Å²) >= 11 is 0. The quantitative estimate of drug-likeness (QED) is 0.759. The van der Waals surface area contributed by atoms with Crippen LogP contribution in [-0.2, 0) is 26.4 Å². The van der Waals surface area contributed by atoms with Gasteiger partial charge in [0, 0.05) is 5.41 Å². The number of alkyl halides is 3. The largest absolute Gasteiger partial charge is 0.417 e. The number of aromatic nitrogens is 2. The molecule has 0 fully saturated rings. The number of rotatable bonds is 5. The Labute approximate surface area is 166 Å². The zero-order chi connectivity index (χ0) is 22.0. The summed E-state index contributed by atoms with van der Waals surface area (Å²) in [5, 5.41) is 2.43. The Kier molecular flexibility index (Phi) is 6.33. The molecular formula is C18H21F3N4O3S. The lowest BCUT2D eigenvalue weighted by atomic mass is 9.96. The van der Waals surface area contributed by atoms with E-state index in [4.69, 9.17) is 0 Å². The maximum atomic E-state index is 13.1. The lowest BCUT2D eigenvalue weighted by Crippen LogP contribution is -2.42. The smallest absolute Gasteiger partial charge is 0.322 e. The first-order valence-corrected chi connectivity index (χ1v) is 10.0. The monoisotopic (exact) mass is 430 g/mol. The van der Waals surface area contributed by atoms with Crippen molar-refractivity contribution in [2.75, 3.05) is 5.32 Å². The molecule has 1 atom stereocenters. The van der Waals surface area contributed by atoms with Gasteiger partial charge in [0.1, 0.15) is 5.82 Å². The van der Waals surface area contributed by atoms with Crippen LogP contribution in [0.3, 0.4) is 0 Å². The summed E-state index contributed by atoms with van der Waals surface area (Å²) in [6.45, 7) is 6.95.